The summed E-state index contributed by atoms with van der Waals surface area (Å²) in [6.45, 7) is 0. The third kappa shape index (κ3) is 4.85. The fourth-order valence-electron chi connectivity index (χ4n) is 1.55. The van der Waals surface area contributed by atoms with Gasteiger partial charge in [-0.3, -0.25) is 9.53 Å². The molecule has 1 unspecified atom stereocenters. The molecule has 0 fully saturated rings. The molecule has 3 N–H and O–H groups in total. The Morgan fingerprint density at radius 3 is 1.69 bits per heavy atom. The summed E-state index contributed by atoms with van der Waals surface area (Å²) in [6, 6.07) is 2.39. The van der Waals surface area contributed by atoms with Crippen LogP contribution < -0.4 is 10.5 Å². The number of amides is 1. The molecular formula is C12H7F11N2O4. The lowest BCUT2D eigenvalue weighted by molar-refractivity contribution is -0.991. The molecule has 2 atom stereocenters. The third-order valence-corrected chi connectivity index (χ3v) is 3.04. The average molecular weight is 452 g/mol. The number of carbonyl (C=O) groups is 1. The largest absolute Gasteiger partial charge is 0.595 e. The molecule has 0 bridgehead atoms. The van der Waals surface area contributed by atoms with Crippen LogP contribution in [-0.2, 0) is 9.53 Å². The molecule has 1 aromatic rings. The number of nitrogens with one attached hydrogen (secondary N) is 2. The molecule has 0 aliphatic heterocycles. The van der Waals surface area contributed by atoms with Gasteiger partial charge in [0.05, 0.1) is 0 Å². The molecule has 1 rings (SSSR count). The second-order valence-corrected chi connectivity index (χ2v) is 5.12. The van der Waals surface area contributed by atoms with E-state index in [0.29, 0.717) is 24.3 Å². The summed E-state index contributed by atoms with van der Waals surface area (Å²) in [5.41, 5.74) is -1.35. The lowest BCUT2D eigenvalue weighted by Crippen LogP contribution is -2.99. The van der Waals surface area contributed by atoms with E-state index in [1.54, 1.807) is 0 Å². The van der Waals surface area contributed by atoms with Crippen LogP contribution in [0.3, 0.4) is 0 Å². The highest BCUT2D eigenvalue weighted by atomic mass is 19.4. The molecule has 0 saturated heterocycles. The quantitative estimate of drug-likeness (QED) is 0.458. The van der Waals surface area contributed by atoms with Gasteiger partial charge < -0.3 is 10.5 Å². The van der Waals surface area contributed by atoms with Crippen molar-refractivity contribution in [3.8, 4) is 0 Å². The van der Waals surface area contributed by atoms with E-state index in [9.17, 15) is 58.3 Å². The van der Waals surface area contributed by atoms with E-state index < -0.39 is 52.7 Å². The van der Waals surface area contributed by atoms with Gasteiger partial charge in [-0.05, 0) is 12.1 Å². The van der Waals surface area contributed by atoms with Crippen molar-refractivity contribution in [2.75, 3.05) is 5.32 Å². The fraction of sp³-hybridized carbons (Fsp3) is 0.417. The van der Waals surface area contributed by atoms with E-state index >= 15 is 0 Å². The molecule has 17 heteroatoms. The summed E-state index contributed by atoms with van der Waals surface area (Å²) >= 11 is 0. The smallest absolute Gasteiger partial charge is 0.462 e. The first-order valence-electron chi connectivity index (χ1n) is 6.69. The number of benzene rings is 1. The maximum atomic E-state index is 14.0. The second-order valence-electron chi connectivity index (χ2n) is 5.12. The highest BCUT2D eigenvalue weighted by Gasteiger charge is 2.79. The minimum Gasteiger partial charge on any atom is -0.595 e. The number of rotatable bonds is 6. The van der Waals surface area contributed by atoms with Crippen molar-refractivity contribution in [1.29, 1.82) is 0 Å². The average Bonchev–Trinajstić information content (AvgIpc) is 2.52. The Morgan fingerprint density at radius 1 is 0.897 bits per heavy atom. The summed E-state index contributed by atoms with van der Waals surface area (Å²) in [6.07, 6.45) is -21.1. The summed E-state index contributed by atoms with van der Waals surface area (Å²) in [5, 5.41) is 18.6. The van der Waals surface area contributed by atoms with E-state index in [4.69, 9.17) is 5.21 Å². The van der Waals surface area contributed by atoms with Gasteiger partial charge in [-0.15, -0.1) is 0 Å². The summed E-state index contributed by atoms with van der Waals surface area (Å²) in [4.78, 5) is 11.4. The summed E-state index contributed by atoms with van der Waals surface area (Å²) in [5.74, 6) is -16.9. The number of carbonyl (C=O) groups excluding carboxylic acids is 1. The molecule has 0 radical (unpaired) electrons. The number of anilines is 1. The van der Waals surface area contributed by atoms with Crippen molar-refractivity contribution < 1.29 is 68.3 Å². The van der Waals surface area contributed by atoms with E-state index in [0.717, 1.165) is 5.32 Å². The highest BCUT2D eigenvalue weighted by Crippen LogP contribution is 2.51. The Hall–Kier alpha value is -2.24. The van der Waals surface area contributed by atoms with Crippen LogP contribution in [0, 0.1) is 5.21 Å². The number of hydrogen-bond donors (Lipinski definition) is 3. The van der Waals surface area contributed by atoms with Crippen LogP contribution in [0.25, 0.3) is 0 Å². The zero-order chi connectivity index (χ0) is 23.1. The molecule has 0 aliphatic carbocycles. The number of hydrogen-bond acceptors (Lipinski definition) is 4. The summed E-state index contributed by atoms with van der Waals surface area (Å²) in [7, 11) is 0. The van der Waals surface area contributed by atoms with Gasteiger partial charge >= 0.3 is 30.2 Å². The Balaban J connectivity index is 3.25. The normalized spacial score (nSPS) is 16.9. The highest BCUT2D eigenvalue weighted by molar-refractivity contribution is 5.97. The first-order chi connectivity index (χ1) is 12.8. The van der Waals surface area contributed by atoms with E-state index in [2.05, 4.69) is 4.74 Å². The number of quaternary nitrogens is 1. The lowest BCUT2D eigenvalue weighted by atomic mass is 10.2. The number of ether oxygens (including phenoxy) is 1. The third-order valence-electron chi connectivity index (χ3n) is 3.04. The van der Waals surface area contributed by atoms with Crippen LogP contribution in [0.5, 0.6) is 0 Å². The minimum atomic E-state index is -7.30. The molecule has 166 valence electrons. The number of alkyl halides is 11. The Bertz CT molecular complexity index is 733. The van der Waals surface area contributed by atoms with Crippen molar-refractivity contribution in [3.63, 3.8) is 0 Å². The van der Waals surface area contributed by atoms with Gasteiger partial charge in [-0.1, -0.05) is 0 Å². The molecule has 29 heavy (non-hydrogen) atoms. The monoisotopic (exact) mass is 452 g/mol. The molecular weight excluding hydrogens is 445 g/mol. The van der Waals surface area contributed by atoms with Crippen molar-refractivity contribution >= 4 is 17.3 Å². The molecule has 6 nitrogen and oxygen atoms in total. The molecule has 0 spiro atoms. The maximum absolute atomic E-state index is 14.0. The van der Waals surface area contributed by atoms with Gasteiger partial charge in [0.15, 0.2) is 5.69 Å². The van der Waals surface area contributed by atoms with Gasteiger partial charge in [0.25, 0.3) is 5.91 Å². The second kappa shape index (κ2) is 7.54. The van der Waals surface area contributed by atoms with Gasteiger partial charge in [0, 0.05) is 17.8 Å². The Labute approximate surface area is 152 Å². The predicted octanol–water partition coefficient (Wildman–Crippen LogP) is 3.06. The van der Waals surface area contributed by atoms with E-state index in [-0.39, 0.29) is 0 Å². The molecule has 0 saturated carbocycles. The Kier molecular flexibility index (Phi) is 6.45. The SMILES string of the molecule is O=C(Nc1ccc([NH+]([O-])O)cc1)[C@@](F)(OC(F)(F)C(F)(F)C(F)(F)F)C(F)(F)F. The van der Waals surface area contributed by atoms with Crippen molar-refractivity contribution in [3.05, 3.63) is 29.5 Å². The van der Waals surface area contributed by atoms with Gasteiger partial charge in [-0.2, -0.15) is 53.5 Å². The van der Waals surface area contributed by atoms with Gasteiger partial charge in [0.2, 0.25) is 0 Å². The molecule has 0 heterocycles. The molecule has 1 aromatic carbocycles. The van der Waals surface area contributed by atoms with Crippen LogP contribution in [0.15, 0.2) is 24.3 Å². The first-order valence-corrected chi connectivity index (χ1v) is 6.69. The maximum Gasteiger partial charge on any atom is 0.462 e. The molecule has 0 aliphatic rings. The topological polar surface area (TPSA) is 86.1 Å². The standard InChI is InChI=1S/C12H7F11N2O4/c13-8(10(16,17)18,29-12(22,23)9(14,15)11(19,20)21)7(26)24-5-1-3-6(4-2-5)25(27)28/h1-4,25,27H,(H,24,26)/t8-/m1/s1. The van der Waals surface area contributed by atoms with Gasteiger partial charge in [0.1, 0.15) is 0 Å². The van der Waals surface area contributed by atoms with Crippen LogP contribution in [0.4, 0.5) is 59.7 Å². The van der Waals surface area contributed by atoms with Crippen LogP contribution >= 0.6 is 0 Å². The fourth-order valence-corrected chi connectivity index (χ4v) is 1.55. The number of halogens is 11. The molecule has 1 amide bonds. The minimum absolute atomic E-state index is 0.488. The van der Waals surface area contributed by atoms with Crippen molar-refractivity contribution in [1.82, 2.24) is 0 Å². The van der Waals surface area contributed by atoms with Gasteiger partial charge in [-0.25, -0.2) is 5.21 Å². The van der Waals surface area contributed by atoms with Crippen LogP contribution in [-0.4, -0.2) is 41.4 Å². The van der Waals surface area contributed by atoms with Crippen LogP contribution in [0.2, 0.25) is 0 Å². The van der Waals surface area contributed by atoms with E-state index in [1.807, 2.05) is 0 Å². The Morgan fingerprint density at radius 2 is 1.34 bits per heavy atom. The van der Waals surface area contributed by atoms with Crippen molar-refractivity contribution in [2.45, 2.75) is 30.2 Å². The first kappa shape index (κ1) is 24.8. The predicted molar refractivity (Wildman–Crippen MR) is 67.8 cm³/mol. The van der Waals surface area contributed by atoms with Crippen molar-refractivity contribution in [2.24, 2.45) is 0 Å². The lowest BCUT2D eigenvalue weighted by Gasteiger charge is -2.34. The van der Waals surface area contributed by atoms with Crippen LogP contribution in [0.1, 0.15) is 0 Å². The zero-order valence-corrected chi connectivity index (χ0v) is 13.1. The zero-order valence-electron chi connectivity index (χ0n) is 13.1. The molecule has 0 aromatic heterocycles. The van der Waals surface area contributed by atoms with E-state index in [1.165, 1.54) is 0 Å². The summed E-state index contributed by atoms with van der Waals surface area (Å²) < 4.78 is 142.